The van der Waals surface area contributed by atoms with Gasteiger partial charge >= 0.3 is 0 Å². The predicted octanol–water partition coefficient (Wildman–Crippen LogP) is 1.13. The maximum atomic E-state index is 11.7. The van der Waals surface area contributed by atoms with E-state index in [1.165, 1.54) is 11.8 Å². The van der Waals surface area contributed by atoms with E-state index in [-0.39, 0.29) is 11.8 Å². The molecule has 110 valence electrons. The summed E-state index contributed by atoms with van der Waals surface area (Å²) in [6.45, 7) is 2.94. The second kappa shape index (κ2) is 9.39. The monoisotopic (exact) mass is 295 g/mol. The third kappa shape index (κ3) is 7.16. The molecule has 0 fully saturated rings. The fourth-order valence-electron chi connectivity index (χ4n) is 1.46. The lowest BCUT2D eigenvalue weighted by atomic mass is 10.2. The van der Waals surface area contributed by atoms with Crippen LogP contribution in [-0.2, 0) is 9.59 Å². The zero-order valence-electron chi connectivity index (χ0n) is 11.6. The van der Waals surface area contributed by atoms with Gasteiger partial charge in [0.2, 0.25) is 11.8 Å². The van der Waals surface area contributed by atoms with E-state index in [0.717, 1.165) is 11.3 Å². The van der Waals surface area contributed by atoms with Crippen molar-refractivity contribution in [2.24, 2.45) is 5.73 Å². The lowest BCUT2D eigenvalue weighted by Crippen LogP contribution is -2.29. The molecular weight excluding hydrogens is 274 g/mol. The molecule has 0 heterocycles. The SMILES string of the molecule is Cc1ccc(NC(=O)CSCCC(=O)NCCN)cc1. The van der Waals surface area contributed by atoms with Crippen LogP contribution in [0, 0.1) is 6.92 Å². The van der Waals surface area contributed by atoms with Crippen molar-refractivity contribution in [2.75, 3.05) is 29.9 Å². The number of hydrogen-bond donors (Lipinski definition) is 3. The maximum Gasteiger partial charge on any atom is 0.234 e. The van der Waals surface area contributed by atoms with Gasteiger partial charge in [-0.05, 0) is 19.1 Å². The molecule has 0 spiro atoms. The summed E-state index contributed by atoms with van der Waals surface area (Å²) >= 11 is 1.44. The summed E-state index contributed by atoms with van der Waals surface area (Å²) in [6.07, 6.45) is 0.405. The van der Waals surface area contributed by atoms with Crippen LogP contribution in [0.2, 0.25) is 0 Å². The lowest BCUT2D eigenvalue weighted by Gasteiger charge is -2.06. The van der Waals surface area contributed by atoms with Crippen LogP contribution in [0.1, 0.15) is 12.0 Å². The zero-order chi connectivity index (χ0) is 14.8. The molecule has 4 N–H and O–H groups in total. The minimum Gasteiger partial charge on any atom is -0.355 e. The molecule has 0 aliphatic heterocycles. The first-order chi connectivity index (χ1) is 9.61. The van der Waals surface area contributed by atoms with Crippen molar-refractivity contribution in [3.8, 4) is 0 Å². The van der Waals surface area contributed by atoms with E-state index in [1.807, 2.05) is 31.2 Å². The lowest BCUT2D eigenvalue weighted by molar-refractivity contribution is -0.120. The summed E-state index contributed by atoms with van der Waals surface area (Å²) < 4.78 is 0. The van der Waals surface area contributed by atoms with Gasteiger partial charge in [-0.25, -0.2) is 0 Å². The summed E-state index contributed by atoms with van der Waals surface area (Å²) in [5.74, 6) is 0.888. The number of nitrogens with one attached hydrogen (secondary N) is 2. The Morgan fingerprint density at radius 2 is 1.90 bits per heavy atom. The Kier molecular flexibility index (Phi) is 7.75. The third-order valence-electron chi connectivity index (χ3n) is 2.51. The largest absolute Gasteiger partial charge is 0.355 e. The first kappa shape index (κ1) is 16.5. The van der Waals surface area contributed by atoms with Gasteiger partial charge in [-0.2, -0.15) is 11.8 Å². The van der Waals surface area contributed by atoms with Crippen LogP contribution in [0.15, 0.2) is 24.3 Å². The first-order valence-electron chi connectivity index (χ1n) is 6.53. The number of rotatable bonds is 8. The highest BCUT2D eigenvalue weighted by Gasteiger charge is 2.04. The first-order valence-corrected chi connectivity index (χ1v) is 7.68. The highest BCUT2D eigenvalue weighted by molar-refractivity contribution is 7.99. The van der Waals surface area contributed by atoms with Gasteiger partial charge in [0.15, 0.2) is 0 Å². The van der Waals surface area contributed by atoms with Gasteiger partial charge in [0, 0.05) is 31.0 Å². The Labute approximate surface area is 123 Å². The number of amides is 2. The average Bonchev–Trinajstić information content (AvgIpc) is 2.44. The minimum absolute atomic E-state index is 0.0260. The van der Waals surface area contributed by atoms with E-state index in [2.05, 4.69) is 10.6 Å². The average molecular weight is 295 g/mol. The van der Waals surface area contributed by atoms with Crippen molar-refractivity contribution in [3.63, 3.8) is 0 Å². The molecule has 20 heavy (non-hydrogen) atoms. The molecule has 0 aromatic heterocycles. The van der Waals surface area contributed by atoms with Crippen LogP contribution in [0.25, 0.3) is 0 Å². The van der Waals surface area contributed by atoms with Crippen molar-refractivity contribution in [2.45, 2.75) is 13.3 Å². The highest BCUT2D eigenvalue weighted by Crippen LogP contribution is 2.10. The van der Waals surface area contributed by atoms with Gasteiger partial charge in [-0.15, -0.1) is 0 Å². The molecule has 5 nitrogen and oxygen atoms in total. The van der Waals surface area contributed by atoms with E-state index in [0.29, 0.717) is 31.0 Å². The smallest absolute Gasteiger partial charge is 0.234 e. The maximum absolute atomic E-state index is 11.7. The van der Waals surface area contributed by atoms with Crippen LogP contribution in [0.3, 0.4) is 0 Å². The summed E-state index contributed by atoms with van der Waals surface area (Å²) in [5, 5.41) is 5.50. The number of nitrogens with two attached hydrogens (primary N) is 1. The molecular formula is C14H21N3O2S. The molecule has 1 aromatic rings. The van der Waals surface area contributed by atoms with E-state index < -0.39 is 0 Å². The molecule has 2 amide bonds. The molecule has 0 aliphatic carbocycles. The standard InChI is InChI=1S/C14H21N3O2S/c1-11-2-4-12(5-3-11)17-14(19)10-20-9-6-13(18)16-8-7-15/h2-5H,6-10,15H2,1H3,(H,16,18)(H,17,19). The number of anilines is 1. The molecule has 1 rings (SSSR count). The zero-order valence-corrected chi connectivity index (χ0v) is 12.5. The Morgan fingerprint density at radius 1 is 1.20 bits per heavy atom. The number of thioether (sulfide) groups is 1. The number of benzene rings is 1. The quantitative estimate of drug-likeness (QED) is 0.628. The Hall–Kier alpha value is -1.53. The number of aryl methyl sites for hydroxylation is 1. The van der Waals surface area contributed by atoms with Crippen molar-refractivity contribution in [1.29, 1.82) is 0 Å². The Balaban J connectivity index is 2.14. The van der Waals surface area contributed by atoms with Gasteiger partial charge in [0.05, 0.1) is 5.75 Å². The normalized spacial score (nSPS) is 10.1. The molecule has 1 aromatic carbocycles. The van der Waals surface area contributed by atoms with Gasteiger partial charge < -0.3 is 16.4 Å². The van der Waals surface area contributed by atoms with Gasteiger partial charge in [-0.3, -0.25) is 9.59 Å². The topological polar surface area (TPSA) is 84.2 Å². The van der Waals surface area contributed by atoms with Gasteiger partial charge in [0.25, 0.3) is 0 Å². The molecule has 0 radical (unpaired) electrons. The summed E-state index contributed by atoms with van der Waals surface area (Å²) in [5.41, 5.74) is 7.23. The van der Waals surface area contributed by atoms with Gasteiger partial charge in [-0.1, -0.05) is 17.7 Å². The summed E-state index contributed by atoms with van der Waals surface area (Å²) in [6, 6.07) is 7.64. The Morgan fingerprint density at radius 3 is 2.55 bits per heavy atom. The molecule has 6 heteroatoms. The number of carbonyl (C=O) groups excluding carboxylic acids is 2. The molecule has 0 saturated heterocycles. The fraction of sp³-hybridized carbons (Fsp3) is 0.429. The molecule has 0 unspecified atom stereocenters. The molecule has 0 bridgehead atoms. The van der Waals surface area contributed by atoms with Gasteiger partial charge in [0.1, 0.15) is 0 Å². The van der Waals surface area contributed by atoms with E-state index in [4.69, 9.17) is 5.73 Å². The third-order valence-corrected chi connectivity index (χ3v) is 3.47. The highest BCUT2D eigenvalue weighted by atomic mass is 32.2. The van der Waals surface area contributed by atoms with Crippen molar-refractivity contribution < 1.29 is 9.59 Å². The molecule has 0 aliphatic rings. The second-order valence-electron chi connectivity index (χ2n) is 4.36. The van der Waals surface area contributed by atoms with Crippen molar-refractivity contribution in [1.82, 2.24) is 5.32 Å². The number of hydrogen-bond acceptors (Lipinski definition) is 4. The second-order valence-corrected chi connectivity index (χ2v) is 5.46. The minimum atomic E-state index is -0.0544. The summed E-state index contributed by atoms with van der Waals surface area (Å²) in [4.78, 5) is 23.0. The van der Waals surface area contributed by atoms with Crippen molar-refractivity contribution in [3.05, 3.63) is 29.8 Å². The van der Waals surface area contributed by atoms with Crippen LogP contribution in [-0.4, -0.2) is 36.4 Å². The van der Waals surface area contributed by atoms with Crippen LogP contribution in [0.4, 0.5) is 5.69 Å². The van der Waals surface area contributed by atoms with Crippen LogP contribution in [0.5, 0.6) is 0 Å². The molecule has 0 saturated carbocycles. The predicted molar refractivity (Wildman–Crippen MR) is 83.8 cm³/mol. The van der Waals surface area contributed by atoms with E-state index >= 15 is 0 Å². The van der Waals surface area contributed by atoms with E-state index in [1.54, 1.807) is 0 Å². The molecule has 0 atom stereocenters. The summed E-state index contributed by atoms with van der Waals surface area (Å²) in [7, 11) is 0. The van der Waals surface area contributed by atoms with Crippen LogP contribution < -0.4 is 16.4 Å². The van der Waals surface area contributed by atoms with E-state index in [9.17, 15) is 9.59 Å². The number of carbonyl (C=O) groups is 2. The Bertz CT molecular complexity index is 435. The van der Waals surface area contributed by atoms with Crippen molar-refractivity contribution >= 4 is 29.3 Å². The fourth-order valence-corrected chi connectivity index (χ4v) is 2.20. The van der Waals surface area contributed by atoms with Crippen LogP contribution >= 0.6 is 11.8 Å².